The molecule has 252 valence electrons. The Balaban J connectivity index is 1.22. The molecule has 12 heteroatoms. The van der Waals surface area contributed by atoms with E-state index in [4.69, 9.17) is 29.9 Å². The van der Waals surface area contributed by atoms with Crippen molar-refractivity contribution >= 4 is 83.5 Å². The Morgan fingerprint density at radius 1 is 0.241 bits per heavy atom. The molecule has 0 radical (unpaired) electrons. The summed E-state index contributed by atoms with van der Waals surface area (Å²) in [7, 11) is 0. The fraction of sp³-hybridized carbons (Fsp3) is 0. The Morgan fingerprint density at radius 3 is 0.778 bits per heavy atom. The quantitative estimate of drug-likeness (QED) is 0.185. The van der Waals surface area contributed by atoms with Crippen LogP contribution in [-0.2, 0) is 0 Å². The van der Waals surface area contributed by atoms with Gasteiger partial charge in [0, 0.05) is 0 Å². The zero-order valence-electron chi connectivity index (χ0n) is 28.2. The molecule has 0 aliphatic heterocycles. The summed E-state index contributed by atoms with van der Waals surface area (Å²) in [4.78, 5) is 31.4. The van der Waals surface area contributed by atoms with E-state index in [1.165, 1.54) is 0 Å². The third kappa shape index (κ3) is 3.46. The van der Waals surface area contributed by atoms with Crippen molar-refractivity contribution < 1.29 is 0 Å². The summed E-state index contributed by atoms with van der Waals surface area (Å²) in [6, 6.07) is 49.3. The van der Waals surface area contributed by atoms with Crippen molar-refractivity contribution in [3.8, 4) is 17.8 Å². The highest BCUT2D eigenvalue weighted by Crippen LogP contribution is 2.33. The molecule has 0 saturated carbocycles. The summed E-state index contributed by atoms with van der Waals surface area (Å²) >= 11 is 0. The number of hydrogen-bond donors (Lipinski definition) is 0. The van der Waals surface area contributed by atoms with Crippen molar-refractivity contribution in [2.75, 3.05) is 0 Å². The maximum Gasteiger partial charge on any atom is 0.243 e. The molecule has 54 heavy (non-hydrogen) atoms. The minimum atomic E-state index is 0.413. The maximum absolute atomic E-state index is 5.33. The van der Waals surface area contributed by atoms with Gasteiger partial charge in [0.05, 0.1) is 66.2 Å². The number of hydrogen-bond acceptors (Lipinski definition) is 6. The van der Waals surface area contributed by atoms with Crippen LogP contribution in [0.1, 0.15) is 0 Å². The van der Waals surface area contributed by atoms with E-state index in [1.54, 1.807) is 0 Å². The molecule has 0 aliphatic rings. The first-order chi connectivity index (χ1) is 26.8. The largest absolute Gasteiger partial charge is 0.276 e. The summed E-state index contributed by atoms with van der Waals surface area (Å²) in [6.45, 7) is 0. The van der Waals surface area contributed by atoms with Crippen LogP contribution in [0.4, 0.5) is 0 Å². The second kappa shape index (κ2) is 9.92. The molecule has 0 atom stereocenters. The molecule has 0 aliphatic carbocycles. The average Bonchev–Trinajstić information content (AvgIpc) is 4.04. The first-order valence-corrected chi connectivity index (χ1v) is 17.7. The fourth-order valence-electron chi connectivity index (χ4n) is 8.29. The van der Waals surface area contributed by atoms with Gasteiger partial charge in [0.25, 0.3) is 0 Å². The van der Waals surface area contributed by atoms with Gasteiger partial charge in [0.15, 0.2) is 0 Å². The summed E-state index contributed by atoms with van der Waals surface area (Å²) in [5.74, 6) is 3.33. The molecule has 7 heterocycles. The van der Waals surface area contributed by atoms with Crippen LogP contribution in [-0.4, -0.2) is 56.8 Å². The van der Waals surface area contributed by atoms with Gasteiger partial charge in [0.1, 0.15) is 0 Å². The number of imidazole rings is 6. The smallest absolute Gasteiger partial charge is 0.243 e. The lowest BCUT2D eigenvalue weighted by atomic mass is 10.3. The van der Waals surface area contributed by atoms with Crippen LogP contribution in [0, 0.1) is 0 Å². The van der Waals surface area contributed by atoms with Crippen LogP contribution < -0.4 is 0 Å². The van der Waals surface area contributed by atoms with Crippen LogP contribution in [0.25, 0.3) is 101 Å². The number of rotatable bonds is 3. The van der Waals surface area contributed by atoms with E-state index in [2.05, 4.69) is 67.8 Å². The van der Waals surface area contributed by atoms with Crippen LogP contribution in [0.3, 0.4) is 0 Å². The molecule has 0 amide bonds. The third-order valence-electron chi connectivity index (χ3n) is 10.5. The topological polar surface area (TPSA) is 105 Å². The van der Waals surface area contributed by atoms with Gasteiger partial charge in [0.2, 0.25) is 35.2 Å². The van der Waals surface area contributed by atoms with Crippen molar-refractivity contribution in [1.82, 2.24) is 56.8 Å². The summed E-state index contributed by atoms with van der Waals surface area (Å²) in [5.41, 5.74) is 11.4. The maximum atomic E-state index is 5.33. The molecule has 13 rings (SSSR count). The first kappa shape index (κ1) is 27.8. The molecule has 7 aromatic heterocycles. The van der Waals surface area contributed by atoms with Gasteiger partial charge in [-0.05, 0) is 72.8 Å². The van der Waals surface area contributed by atoms with Gasteiger partial charge >= 0.3 is 0 Å². The lowest BCUT2D eigenvalue weighted by Crippen LogP contribution is -2.14. The lowest BCUT2D eigenvalue weighted by molar-refractivity contribution is 0.833. The van der Waals surface area contributed by atoms with Crippen molar-refractivity contribution in [1.29, 1.82) is 0 Å². The standard InChI is InChI=1S/C42H24N12/c1-4-16-28-25(13-1)43-40-49(28)31-19-7-10-22-34(31)52(40)37-46-38(53-35-23-11-8-20-32(35)50-29-17-5-2-14-26(29)44-41(50)53)48-39(47-37)54-36-24-12-9-21-33(36)51-30-18-6-3-15-27(30)45-42(51)54/h1-24H. The predicted molar refractivity (Wildman–Crippen MR) is 209 cm³/mol. The van der Waals surface area contributed by atoms with Crippen molar-refractivity contribution in [3.05, 3.63) is 146 Å². The molecule has 13 aromatic rings. The normalized spacial score (nSPS) is 12.4. The highest BCUT2D eigenvalue weighted by molar-refractivity contribution is 5.94. The van der Waals surface area contributed by atoms with E-state index in [0.29, 0.717) is 35.2 Å². The second-order valence-corrected chi connectivity index (χ2v) is 13.4. The monoisotopic (exact) mass is 696 g/mol. The van der Waals surface area contributed by atoms with E-state index in [1.807, 2.05) is 105 Å². The summed E-state index contributed by atoms with van der Waals surface area (Å²) in [6.07, 6.45) is 0. The Kier molecular flexibility index (Phi) is 5.11. The SMILES string of the molecule is c1ccc2c(c1)nc1n(-c3nc(-n4c5ccccc5n5c6ccccc6nc45)nc(-n4c5ccccc5n5c6ccccc6nc45)n3)c3ccccc3n21. The minimum absolute atomic E-state index is 0.413. The van der Waals surface area contributed by atoms with Gasteiger partial charge in [-0.2, -0.15) is 15.0 Å². The van der Waals surface area contributed by atoms with Crippen LogP contribution in [0.5, 0.6) is 0 Å². The molecule has 0 saturated heterocycles. The Hall–Kier alpha value is -7.86. The van der Waals surface area contributed by atoms with Crippen molar-refractivity contribution in [2.45, 2.75) is 0 Å². The number of nitrogens with zero attached hydrogens (tertiary/aromatic N) is 12. The molecular weight excluding hydrogens is 673 g/mol. The van der Waals surface area contributed by atoms with E-state index in [0.717, 1.165) is 66.2 Å². The van der Waals surface area contributed by atoms with Crippen molar-refractivity contribution in [3.63, 3.8) is 0 Å². The summed E-state index contributed by atoms with van der Waals surface area (Å²) < 4.78 is 12.6. The van der Waals surface area contributed by atoms with Gasteiger partial charge in [-0.25, -0.2) is 28.7 Å². The van der Waals surface area contributed by atoms with Gasteiger partial charge in [-0.1, -0.05) is 72.8 Å². The highest BCUT2D eigenvalue weighted by atomic mass is 15.4. The van der Waals surface area contributed by atoms with E-state index in [-0.39, 0.29) is 0 Å². The number of para-hydroxylation sites is 12. The zero-order chi connectivity index (χ0) is 35.1. The first-order valence-electron chi connectivity index (χ1n) is 17.7. The molecule has 6 aromatic carbocycles. The molecule has 0 bridgehead atoms. The van der Waals surface area contributed by atoms with Crippen LogP contribution >= 0.6 is 0 Å². The molecule has 0 spiro atoms. The predicted octanol–water partition coefficient (Wildman–Crippen LogP) is 8.11. The number of aromatic nitrogens is 12. The third-order valence-corrected chi connectivity index (χ3v) is 10.5. The Labute approximate surface area is 303 Å². The van der Waals surface area contributed by atoms with E-state index < -0.39 is 0 Å². The van der Waals surface area contributed by atoms with Gasteiger partial charge < -0.3 is 0 Å². The zero-order valence-corrected chi connectivity index (χ0v) is 28.2. The molecule has 0 unspecified atom stereocenters. The molecule has 0 fully saturated rings. The fourth-order valence-corrected chi connectivity index (χ4v) is 8.29. The Morgan fingerprint density at radius 2 is 0.481 bits per heavy atom. The van der Waals surface area contributed by atoms with E-state index in [9.17, 15) is 0 Å². The van der Waals surface area contributed by atoms with Crippen LogP contribution in [0.2, 0.25) is 0 Å². The Bertz CT molecular complexity index is 3300. The number of fused-ring (bicyclic) bond motifs is 15. The number of benzene rings is 6. The van der Waals surface area contributed by atoms with Gasteiger partial charge in [-0.15, -0.1) is 0 Å². The van der Waals surface area contributed by atoms with Gasteiger partial charge in [-0.3, -0.25) is 13.2 Å². The average molecular weight is 697 g/mol. The highest BCUT2D eigenvalue weighted by Gasteiger charge is 2.26. The van der Waals surface area contributed by atoms with Crippen LogP contribution in [0.15, 0.2) is 146 Å². The molecule has 0 N–H and O–H groups in total. The molecule has 12 nitrogen and oxygen atoms in total. The molecular formula is C42H24N12. The minimum Gasteiger partial charge on any atom is -0.276 e. The summed E-state index contributed by atoms with van der Waals surface area (Å²) in [5, 5.41) is 0. The van der Waals surface area contributed by atoms with E-state index >= 15 is 0 Å². The second-order valence-electron chi connectivity index (χ2n) is 13.4. The van der Waals surface area contributed by atoms with Crippen molar-refractivity contribution in [2.24, 2.45) is 0 Å². The lowest BCUT2D eigenvalue weighted by Gasteiger charge is -2.11.